The Balaban J connectivity index is 2.37. The predicted molar refractivity (Wildman–Crippen MR) is 93.9 cm³/mol. The Labute approximate surface area is 147 Å². The second-order valence-corrected chi connectivity index (χ2v) is 5.46. The Morgan fingerprint density at radius 3 is 1.60 bits per heavy atom. The smallest absolute Gasteiger partial charge is 0.161 e. The molecular formula is C19H24O6. The normalized spacial score (nSPS) is 13.0. The Kier molecular flexibility index (Phi) is 6.50. The van der Waals surface area contributed by atoms with Gasteiger partial charge in [0.25, 0.3) is 0 Å². The van der Waals surface area contributed by atoms with Gasteiger partial charge in [0, 0.05) is 5.92 Å². The molecule has 136 valence electrons. The third-order valence-corrected chi connectivity index (χ3v) is 4.16. The Morgan fingerprint density at radius 2 is 1.16 bits per heavy atom. The second-order valence-electron chi connectivity index (χ2n) is 5.46. The van der Waals surface area contributed by atoms with Gasteiger partial charge >= 0.3 is 0 Å². The highest BCUT2D eigenvalue weighted by atomic mass is 16.5. The fraction of sp³-hybridized carbons (Fsp3) is 0.368. The van der Waals surface area contributed by atoms with Gasteiger partial charge in [-0.25, -0.2) is 0 Å². The third-order valence-electron chi connectivity index (χ3n) is 4.16. The van der Waals surface area contributed by atoms with E-state index in [9.17, 15) is 10.2 Å². The summed E-state index contributed by atoms with van der Waals surface area (Å²) in [7, 11) is 6.18. The van der Waals surface area contributed by atoms with Crippen molar-refractivity contribution in [3.63, 3.8) is 0 Å². The molecule has 0 saturated heterocycles. The van der Waals surface area contributed by atoms with E-state index in [-0.39, 0.29) is 6.61 Å². The van der Waals surface area contributed by atoms with Crippen LogP contribution in [0.3, 0.4) is 0 Å². The number of aliphatic hydroxyl groups is 2. The van der Waals surface area contributed by atoms with Crippen LogP contribution >= 0.6 is 0 Å². The summed E-state index contributed by atoms with van der Waals surface area (Å²) in [6.07, 6.45) is -0.928. The van der Waals surface area contributed by atoms with Gasteiger partial charge in [0.2, 0.25) is 0 Å². The molecule has 2 N–H and O–H groups in total. The molecule has 0 aliphatic rings. The quantitative estimate of drug-likeness (QED) is 0.763. The van der Waals surface area contributed by atoms with Crippen molar-refractivity contribution in [3.05, 3.63) is 47.5 Å². The summed E-state index contributed by atoms with van der Waals surface area (Å²) in [6, 6.07) is 10.5. The van der Waals surface area contributed by atoms with Crippen LogP contribution in [-0.2, 0) is 0 Å². The third kappa shape index (κ3) is 3.97. The Bertz CT molecular complexity index is 700. The molecule has 0 aliphatic carbocycles. The molecular weight excluding hydrogens is 324 g/mol. The van der Waals surface area contributed by atoms with Gasteiger partial charge in [0.1, 0.15) is 0 Å². The second kappa shape index (κ2) is 8.60. The Hall–Kier alpha value is -2.44. The molecule has 2 aromatic rings. The predicted octanol–water partition coefficient (Wildman–Crippen LogP) is 2.53. The van der Waals surface area contributed by atoms with Crippen LogP contribution in [0.5, 0.6) is 23.0 Å². The lowest BCUT2D eigenvalue weighted by Gasteiger charge is -2.23. The van der Waals surface area contributed by atoms with E-state index < -0.39 is 12.0 Å². The van der Waals surface area contributed by atoms with Gasteiger partial charge in [0.05, 0.1) is 41.2 Å². The SMILES string of the molecule is COc1ccc([C@@H](CO)[C@@H](O)c2ccc(OC)c(OC)c2)cc1OC. The van der Waals surface area contributed by atoms with Gasteiger partial charge in [-0.2, -0.15) is 0 Å². The fourth-order valence-electron chi connectivity index (χ4n) is 2.74. The molecule has 0 spiro atoms. The first-order valence-corrected chi connectivity index (χ1v) is 7.82. The van der Waals surface area contributed by atoms with Gasteiger partial charge in [-0.15, -0.1) is 0 Å². The minimum atomic E-state index is -0.928. The minimum Gasteiger partial charge on any atom is -0.493 e. The number of hydrogen-bond acceptors (Lipinski definition) is 6. The lowest BCUT2D eigenvalue weighted by molar-refractivity contribution is 0.106. The molecule has 0 aromatic heterocycles. The van der Waals surface area contributed by atoms with E-state index in [2.05, 4.69) is 0 Å². The van der Waals surface area contributed by atoms with Gasteiger partial charge in [-0.3, -0.25) is 0 Å². The van der Waals surface area contributed by atoms with E-state index in [0.29, 0.717) is 28.6 Å². The van der Waals surface area contributed by atoms with Crippen LogP contribution in [0.15, 0.2) is 36.4 Å². The van der Waals surface area contributed by atoms with E-state index in [1.807, 2.05) is 0 Å². The maximum Gasteiger partial charge on any atom is 0.161 e. The summed E-state index contributed by atoms with van der Waals surface area (Å²) >= 11 is 0. The topological polar surface area (TPSA) is 77.4 Å². The number of aliphatic hydroxyl groups excluding tert-OH is 2. The van der Waals surface area contributed by atoms with Crippen molar-refractivity contribution in [2.45, 2.75) is 12.0 Å². The van der Waals surface area contributed by atoms with Crippen molar-refractivity contribution in [2.75, 3.05) is 35.0 Å². The molecule has 0 amide bonds. The summed E-state index contributed by atoms with van der Waals surface area (Å²) in [6.45, 7) is -0.231. The number of ether oxygens (including phenoxy) is 4. The van der Waals surface area contributed by atoms with Crippen LogP contribution in [-0.4, -0.2) is 45.3 Å². The number of hydrogen-bond donors (Lipinski definition) is 2. The first-order valence-electron chi connectivity index (χ1n) is 7.82. The summed E-state index contributed by atoms with van der Waals surface area (Å²) in [4.78, 5) is 0. The highest BCUT2D eigenvalue weighted by Crippen LogP contribution is 2.38. The molecule has 2 rings (SSSR count). The molecule has 2 atom stereocenters. The maximum absolute atomic E-state index is 10.8. The molecule has 6 heteroatoms. The van der Waals surface area contributed by atoms with Crippen molar-refractivity contribution in [3.8, 4) is 23.0 Å². The number of methoxy groups -OCH3 is 4. The van der Waals surface area contributed by atoms with Crippen molar-refractivity contribution in [1.29, 1.82) is 0 Å². The van der Waals surface area contributed by atoms with Gasteiger partial charge < -0.3 is 29.2 Å². The monoisotopic (exact) mass is 348 g/mol. The summed E-state index contributed by atoms with van der Waals surface area (Å²) in [5, 5.41) is 20.6. The van der Waals surface area contributed by atoms with Gasteiger partial charge in [-0.1, -0.05) is 12.1 Å². The number of benzene rings is 2. The van der Waals surface area contributed by atoms with Crippen molar-refractivity contribution < 1.29 is 29.2 Å². The van der Waals surface area contributed by atoms with E-state index in [4.69, 9.17) is 18.9 Å². The van der Waals surface area contributed by atoms with Crippen LogP contribution in [0.4, 0.5) is 0 Å². The lowest BCUT2D eigenvalue weighted by atomic mass is 9.89. The lowest BCUT2D eigenvalue weighted by Crippen LogP contribution is -2.15. The van der Waals surface area contributed by atoms with Crippen molar-refractivity contribution in [1.82, 2.24) is 0 Å². The molecule has 2 aromatic carbocycles. The highest BCUT2D eigenvalue weighted by Gasteiger charge is 2.24. The molecule has 0 radical (unpaired) electrons. The van der Waals surface area contributed by atoms with Crippen molar-refractivity contribution >= 4 is 0 Å². The molecule has 0 heterocycles. The largest absolute Gasteiger partial charge is 0.493 e. The van der Waals surface area contributed by atoms with Crippen LogP contribution in [0.25, 0.3) is 0 Å². The highest BCUT2D eigenvalue weighted by molar-refractivity contribution is 5.46. The van der Waals surface area contributed by atoms with Crippen LogP contribution in [0, 0.1) is 0 Å². The van der Waals surface area contributed by atoms with E-state index in [1.165, 1.54) is 7.11 Å². The fourth-order valence-corrected chi connectivity index (χ4v) is 2.74. The minimum absolute atomic E-state index is 0.231. The molecule has 0 saturated carbocycles. The zero-order valence-electron chi connectivity index (χ0n) is 14.9. The summed E-state index contributed by atoms with van der Waals surface area (Å²) in [5.41, 5.74) is 1.36. The van der Waals surface area contributed by atoms with E-state index >= 15 is 0 Å². The maximum atomic E-state index is 10.8. The Morgan fingerprint density at radius 1 is 0.720 bits per heavy atom. The molecule has 0 fully saturated rings. The van der Waals surface area contributed by atoms with E-state index in [1.54, 1.807) is 57.7 Å². The molecule has 0 aliphatic heterocycles. The van der Waals surface area contributed by atoms with Crippen LogP contribution in [0.1, 0.15) is 23.1 Å². The summed E-state index contributed by atoms with van der Waals surface area (Å²) in [5.74, 6) is 1.69. The zero-order chi connectivity index (χ0) is 18.4. The number of rotatable bonds is 8. The van der Waals surface area contributed by atoms with E-state index in [0.717, 1.165) is 5.56 Å². The summed E-state index contributed by atoms with van der Waals surface area (Å²) < 4.78 is 21.0. The average Bonchev–Trinajstić information content (AvgIpc) is 2.67. The first-order chi connectivity index (χ1) is 12.1. The molecule has 25 heavy (non-hydrogen) atoms. The first kappa shape index (κ1) is 18.9. The van der Waals surface area contributed by atoms with Crippen LogP contribution in [0.2, 0.25) is 0 Å². The molecule has 6 nitrogen and oxygen atoms in total. The average molecular weight is 348 g/mol. The van der Waals surface area contributed by atoms with Crippen molar-refractivity contribution in [2.24, 2.45) is 0 Å². The zero-order valence-corrected chi connectivity index (χ0v) is 14.9. The van der Waals surface area contributed by atoms with Gasteiger partial charge in [-0.05, 0) is 35.4 Å². The van der Waals surface area contributed by atoms with Gasteiger partial charge in [0.15, 0.2) is 23.0 Å². The van der Waals surface area contributed by atoms with Crippen LogP contribution < -0.4 is 18.9 Å². The molecule has 0 bridgehead atoms. The standard InChI is InChI=1S/C19H24O6/c1-22-15-7-5-12(9-17(15)24-3)14(11-20)19(21)13-6-8-16(23-2)18(10-13)25-4/h5-10,14,19-21H,11H2,1-4H3/t14-,19+/m1/s1. The molecule has 0 unspecified atom stereocenters.